The maximum absolute atomic E-state index is 13.2. The third-order valence-corrected chi connectivity index (χ3v) is 6.77. The van der Waals surface area contributed by atoms with Crippen molar-refractivity contribution in [2.75, 3.05) is 25.5 Å². The lowest BCUT2D eigenvalue weighted by Crippen LogP contribution is -2.42. The standard InChI is InChI=1S/C25H26ClN5O4/c1-34-20-7-5-16(6-8-20)22-14-31-21(15-35-22)23(28-29-31)25(33)30-11-9-17(10-12-30)24(32)27-19-4-2-3-18(26)13-19/h2-8,13,17,22H,9-12,14-15H2,1H3,(H,27,32). The van der Waals surface area contributed by atoms with Crippen molar-refractivity contribution in [2.45, 2.75) is 32.1 Å². The Hall–Kier alpha value is -3.43. The van der Waals surface area contributed by atoms with Crippen LogP contribution in [0.25, 0.3) is 0 Å². The van der Waals surface area contributed by atoms with Gasteiger partial charge in [-0.3, -0.25) is 9.59 Å². The average molecular weight is 496 g/mol. The molecular weight excluding hydrogens is 470 g/mol. The molecule has 3 heterocycles. The number of ether oxygens (including phenoxy) is 2. The zero-order valence-corrected chi connectivity index (χ0v) is 20.1. The molecule has 182 valence electrons. The van der Waals surface area contributed by atoms with Gasteiger partial charge in [-0.05, 0) is 48.7 Å². The fraction of sp³-hybridized carbons (Fsp3) is 0.360. The Morgan fingerprint density at radius 2 is 1.91 bits per heavy atom. The van der Waals surface area contributed by atoms with Crippen LogP contribution in [0.2, 0.25) is 5.02 Å². The molecule has 0 spiro atoms. The molecule has 0 bridgehead atoms. The topological polar surface area (TPSA) is 98.6 Å². The van der Waals surface area contributed by atoms with E-state index in [0.717, 1.165) is 11.3 Å². The van der Waals surface area contributed by atoms with Crippen molar-refractivity contribution in [2.24, 2.45) is 5.92 Å². The average Bonchev–Trinajstić information content (AvgIpc) is 3.32. The predicted molar refractivity (Wildman–Crippen MR) is 129 cm³/mol. The summed E-state index contributed by atoms with van der Waals surface area (Å²) in [4.78, 5) is 27.6. The third-order valence-electron chi connectivity index (χ3n) is 6.53. The van der Waals surface area contributed by atoms with Crippen LogP contribution in [0.3, 0.4) is 0 Å². The number of halogens is 1. The largest absolute Gasteiger partial charge is 0.497 e. The number of nitrogens with zero attached hydrogens (tertiary/aromatic N) is 4. The molecule has 35 heavy (non-hydrogen) atoms. The van der Waals surface area contributed by atoms with Gasteiger partial charge in [-0.2, -0.15) is 0 Å². The highest BCUT2D eigenvalue weighted by molar-refractivity contribution is 6.30. The second kappa shape index (κ2) is 10.1. The number of benzene rings is 2. The van der Waals surface area contributed by atoms with Gasteiger partial charge in [-0.15, -0.1) is 5.10 Å². The molecule has 9 nitrogen and oxygen atoms in total. The van der Waals surface area contributed by atoms with Crippen LogP contribution in [0.4, 0.5) is 5.69 Å². The van der Waals surface area contributed by atoms with Crippen molar-refractivity contribution in [3.63, 3.8) is 0 Å². The number of fused-ring (bicyclic) bond motifs is 1. The minimum absolute atomic E-state index is 0.0571. The molecule has 5 rings (SSSR count). The Morgan fingerprint density at radius 1 is 1.14 bits per heavy atom. The lowest BCUT2D eigenvalue weighted by atomic mass is 9.95. The minimum Gasteiger partial charge on any atom is -0.497 e. The van der Waals surface area contributed by atoms with Crippen LogP contribution in [0.1, 0.15) is 40.7 Å². The van der Waals surface area contributed by atoms with Gasteiger partial charge in [0.05, 0.1) is 26.0 Å². The maximum Gasteiger partial charge on any atom is 0.276 e. The summed E-state index contributed by atoms with van der Waals surface area (Å²) in [5.74, 6) is 0.384. The fourth-order valence-electron chi connectivity index (χ4n) is 4.50. The number of nitrogens with one attached hydrogen (secondary N) is 1. The second-order valence-corrected chi connectivity index (χ2v) is 9.14. The van der Waals surface area contributed by atoms with Gasteiger partial charge < -0.3 is 19.7 Å². The lowest BCUT2D eigenvalue weighted by molar-refractivity contribution is -0.121. The highest BCUT2D eigenvalue weighted by Gasteiger charge is 2.33. The molecule has 0 aliphatic carbocycles. The van der Waals surface area contributed by atoms with Gasteiger partial charge in [-0.25, -0.2) is 4.68 Å². The SMILES string of the molecule is COc1ccc(C2Cn3nnc(C(=O)N4CCC(C(=O)Nc5cccc(Cl)c5)CC4)c3CO2)cc1. The van der Waals surface area contributed by atoms with Gasteiger partial charge in [0.25, 0.3) is 5.91 Å². The quantitative estimate of drug-likeness (QED) is 0.579. The molecule has 1 N–H and O–H groups in total. The number of rotatable bonds is 5. The Balaban J connectivity index is 1.18. The summed E-state index contributed by atoms with van der Waals surface area (Å²) < 4.78 is 13.0. The smallest absolute Gasteiger partial charge is 0.276 e. The molecule has 10 heteroatoms. The van der Waals surface area contributed by atoms with Crippen LogP contribution in [0.15, 0.2) is 48.5 Å². The van der Waals surface area contributed by atoms with Crippen LogP contribution in [-0.4, -0.2) is 51.9 Å². The zero-order chi connectivity index (χ0) is 24.4. The van der Waals surface area contributed by atoms with Crippen molar-refractivity contribution < 1.29 is 19.1 Å². The normalized spacial score (nSPS) is 18.1. The van der Waals surface area contributed by atoms with Gasteiger partial charge in [-0.1, -0.05) is 35.0 Å². The molecule has 1 aromatic heterocycles. The summed E-state index contributed by atoms with van der Waals surface area (Å²) in [5.41, 5.74) is 2.68. The molecule has 1 atom stereocenters. The van der Waals surface area contributed by atoms with Crippen LogP contribution < -0.4 is 10.1 Å². The number of anilines is 1. The number of aromatic nitrogens is 3. The zero-order valence-electron chi connectivity index (χ0n) is 19.3. The number of amides is 2. The van der Waals surface area contributed by atoms with Crippen molar-refractivity contribution in [1.82, 2.24) is 19.9 Å². The Kier molecular flexibility index (Phi) is 6.70. The summed E-state index contributed by atoms with van der Waals surface area (Å²) in [7, 11) is 1.63. The highest BCUT2D eigenvalue weighted by atomic mass is 35.5. The van der Waals surface area contributed by atoms with Gasteiger partial charge in [0.2, 0.25) is 5.91 Å². The first-order chi connectivity index (χ1) is 17.0. The number of carbonyl (C=O) groups is 2. The van der Waals surface area contributed by atoms with E-state index in [1.54, 1.807) is 41.0 Å². The van der Waals surface area contributed by atoms with Crippen LogP contribution in [0, 0.1) is 5.92 Å². The molecule has 0 saturated carbocycles. The summed E-state index contributed by atoms with van der Waals surface area (Å²) in [6.45, 7) is 1.69. The fourth-order valence-corrected chi connectivity index (χ4v) is 4.69. The Bertz CT molecular complexity index is 1220. The van der Waals surface area contributed by atoms with E-state index in [1.807, 2.05) is 24.3 Å². The minimum atomic E-state index is -0.175. The molecule has 0 radical (unpaired) electrons. The van der Waals surface area contributed by atoms with Crippen LogP contribution >= 0.6 is 11.6 Å². The summed E-state index contributed by atoms with van der Waals surface area (Å²) in [6.07, 6.45) is 0.988. The predicted octanol–water partition coefficient (Wildman–Crippen LogP) is 3.70. The van der Waals surface area contributed by atoms with Gasteiger partial charge in [0, 0.05) is 29.7 Å². The second-order valence-electron chi connectivity index (χ2n) is 8.71. The number of methoxy groups -OCH3 is 1. The Morgan fingerprint density at radius 3 is 2.63 bits per heavy atom. The first-order valence-corrected chi connectivity index (χ1v) is 11.9. The first kappa shape index (κ1) is 23.3. The van der Waals surface area contributed by atoms with E-state index in [-0.39, 0.29) is 30.4 Å². The third kappa shape index (κ3) is 5.01. The molecule has 1 unspecified atom stereocenters. The van der Waals surface area contributed by atoms with E-state index in [0.29, 0.717) is 54.6 Å². The number of piperidine rings is 1. The molecule has 2 aliphatic rings. The van der Waals surface area contributed by atoms with E-state index < -0.39 is 0 Å². The number of carbonyl (C=O) groups excluding carboxylic acids is 2. The monoisotopic (exact) mass is 495 g/mol. The summed E-state index contributed by atoms with van der Waals surface area (Å²) in [6, 6.07) is 14.8. The van der Waals surface area contributed by atoms with Crippen molar-refractivity contribution >= 4 is 29.1 Å². The molecule has 1 saturated heterocycles. The van der Waals surface area contributed by atoms with E-state index in [9.17, 15) is 9.59 Å². The number of hydrogen-bond acceptors (Lipinski definition) is 6. The summed E-state index contributed by atoms with van der Waals surface area (Å²) >= 11 is 6.00. The first-order valence-electron chi connectivity index (χ1n) is 11.6. The van der Waals surface area contributed by atoms with Crippen LogP contribution in [-0.2, 0) is 22.7 Å². The van der Waals surface area contributed by atoms with Crippen molar-refractivity contribution in [3.8, 4) is 5.75 Å². The summed E-state index contributed by atoms with van der Waals surface area (Å²) in [5, 5.41) is 11.9. The van der Waals surface area contributed by atoms with E-state index in [2.05, 4.69) is 15.6 Å². The van der Waals surface area contributed by atoms with Gasteiger partial charge >= 0.3 is 0 Å². The number of hydrogen-bond donors (Lipinski definition) is 1. The van der Waals surface area contributed by atoms with Gasteiger partial charge in [0.15, 0.2) is 5.69 Å². The molecule has 2 aliphatic heterocycles. The highest BCUT2D eigenvalue weighted by Crippen LogP contribution is 2.29. The molecule has 1 fully saturated rings. The molecular formula is C25H26ClN5O4. The van der Waals surface area contributed by atoms with E-state index in [4.69, 9.17) is 21.1 Å². The molecule has 2 amide bonds. The van der Waals surface area contributed by atoms with Crippen molar-refractivity contribution in [1.29, 1.82) is 0 Å². The van der Waals surface area contributed by atoms with E-state index in [1.165, 1.54) is 0 Å². The molecule has 3 aromatic rings. The van der Waals surface area contributed by atoms with E-state index >= 15 is 0 Å². The number of likely N-dealkylation sites (tertiary alicyclic amines) is 1. The lowest BCUT2D eigenvalue weighted by Gasteiger charge is -2.31. The van der Waals surface area contributed by atoms with Crippen LogP contribution in [0.5, 0.6) is 5.75 Å². The van der Waals surface area contributed by atoms with Crippen molar-refractivity contribution in [3.05, 3.63) is 70.5 Å². The molecule has 2 aromatic carbocycles. The van der Waals surface area contributed by atoms with Gasteiger partial charge in [0.1, 0.15) is 11.9 Å². The maximum atomic E-state index is 13.2. The Labute approximate surface area is 208 Å².